The zero-order valence-corrected chi connectivity index (χ0v) is 19.2. The van der Waals surface area contributed by atoms with E-state index >= 15 is 0 Å². The fourth-order valence-electron chi connectivity index (χ4n) is 4.09. The summed E-state index contributed by atoms with van der Waals surface area (Å²) in [7, 11) is 0. The second-order valence-corrected chi connectivity index (χ2v) is 7.74. The lowest BCUT2D eigenvalue weighted by Gasteiger charge is -2.52. The Morgan fingerprint density at radius 3 is 1.83 bits per heavy atom. The molecule has 0 bridgehead atoms. The fourth-order valence-corrected chi connectivity index (χ4v) is 4.09. The van der Waals surface area contributed by atoms with E-state index in [0.717, 1.165) is 27.7 Å². The van der Waals surface area contributed by atoms with Gasteiger partial charge in [0.15, 0.2) is 6.10 Å². The monoisotopic (exact) mass is 493 g/mol. The number of carbonyl (C=O) groups is 6. The number of hydrogen-bond donors (Lipinski definition) is 1. The third kappa shape index (κ3) is 4.59. The maximum absolute atomic E-state index is 13.5. The van der Waals surface area contributed by atoms with Crippen LogP contribution in [0.5, 0.6) is 0 Å². The SMILES string of the molecule is CC(=O)O[C@@H]1[C@@H](CO)O[C@H](OC(C)=O)[C@@](OC(C)=O)(N2C(=O)c3ccccc3C2=O)[C@H]1OC(C)=O. The Morgan fingerprint density at radius 1 is 0.886 bits per heavy atom. The number of esters is 4. The molecule has 1 saturated heterocycles. The molecule has 0 unspecified atom stereocenters. The van der Waals surface area contributed by atoms with Gasteiger partial charge in [-0.05, 0) is 12.1 Å². The smallest absolute Gasteiger partial charge is 0.305 e. The number of hydrogen-bond acceptors (Lipinski definition) is 12. The Morgan fingerprint density at radius 2 is 1.40 bits per heavy atom. The van der Waals surface area contributed by atoms with Gasteiger partial charge in [-0.3, -0.25) is 28.8 Å². The molecule has 0 aliphatic carbocycles. The van der Waals surface area contributed by atoms with Crippen molar-refractivity contribution in [3.8, 4) is 0 Å². The lowest BCUT2D eigenvalue weighted by atomic mass is 9.90. The highest BCUT2D eigenvalue weighted by Crippen LogP contribution is 2.44. The average Bonchev–Trinajstić information content (AvgIpc) is 3.01. The van der Waals surface area contributed by atoms with Crippen molar-refractivity contribution in [3.05, 3.63) is 35.4 Å². The number of carbonyl (C=O) groups excluding carboxylic acids is 6. The minimum Gasteiger partial charge on any atom is -0.455 e. The highest BCUT2D eigenvalue weighted by atomic mass is 16.8. The van der Waals surface area contributed by atoms with E-state index in [0.29, 0.717) is 4.90 Å². The first-order chi connectivity index (χ1) is 16.4. The second-order valence-electron chi connectivity index (χ2n) is 7.74. The van der Waals surface area contributed by atoms with E-state index in [1.54, 1.807) is 0 Å². The molecule has 2 heterocycles. The standard InChI is InChI=1S/C22H23NO12/c1-10(25)31-17-16(9-24)34-21(33-12(3)27)22(35-13(4)28,18(17)32-11(2)26)23-19(29)14-7-5-6-8-15(14)20(23)30/h5-8,16-18,21,24H,9H2,1-4H3/t16-,17-,18+,21+,22-/m1/s1. The molecule has 13 nitrogen and oxygen atoms in total. The van der Waals surface area contributed by atoms with Crippen LogP contribution in [0, 0.1) is 0 Å². The summed E-state index contributed by atoms with van der Waals surface area (Å²) in [6, 6.07) is 5.64. The summed E-state index contributed by atoms with van der Waals surface area (Å²) in [6.07, 6.45) is -7.23. The molecule has 1 aromatic rings. The number of ether oxygens (including phenoxy) is 5. The number of rotatable bonds is 6. The van der Waals surface area contributed by atoms with E-state index in [1.807, 2.05) is 0 Å². The minimum atomic E-state index is -2.78. The van der Waals surface area contributed by atoms with Gasteiger partial charge in [-0.15, -0.1) is 0 Å². The van der Waals surface area contributed by atoms with E-state index in [1.165, 1.54) is 24.3 Å². The zero-order valence-electron chi connectivity index (χ0n) is 19.2. The summed E-state index contributed by atoms with van der Waals surface area (Å²) in [4.78, 5) is 75.7. The summed E-state index contributed by atoms with van der Waals surface area (Å²) in [6.45, 7) is 3.03. The van der Waals surface area contributed by atoms with Gasteiger partial charge in [0, 0.05) is 27.7 Å². The van der Waals surface area contributed by atoms with Gasteiger partial charge >= 0.3 is 23.9 Å². The van der Waals surface area contributed by atoms with Crippen LogP contribution >= 0.6 is 0 Å². The molecule has 35 heavy (non-hydrogen) atoms. The summed E-state index contributed by atoms with van der Waals surface area (Å²) in [5.74, 6) is -5.99. The van der Waals surface area contributed by atoms with Gasteiger partial charge in [-0.25, -0.2) is 4.90 Å². The van der Waals surface area contributed by atoms with Crippen molar-refractivity contribution in [2.45, 2.75) is 58.0 Å². The second kappa shape index (κ2) is 9.80. The zero-order chi connectivity index (χ0) is 26.1. The Balaban J connectivity index is 2.34. The minimum absolute atomic E-state index is 0.0829. The van der Waals surface area contributed by atoms with Gasteiger partial charge in [0.2, 0.25) is 6.10 Å². The van der Waals surface area contributed by atoms with E-state index in [-0.39, 0.29) is 11.1 Å². The molecular formula is C22H23NO12. The van der Waals surface area contributed by atoms with Crippen LogP contribution in [0.2, 0.25) is 0 Å². The molecule has 2 aliphatic rings. The molecule has 2 amide bonds. The molecule has 2 aliphatic heterocycles. The normalized spacial score (nSPS) is 27.6. The van der Waals surface area contributed by atoms with E-state index in [4.69, 9.17) is 23.7 Å². The van der Waals surface area contributed by atoms with Crippen molar-refractivity contribution in [2.75, 3.05) is 6.61 Å². The predicted octanol–water partition coefficient (Wildman–Crippen LogP) is -0.314. The summed E-state index contributed by atoms with van der Waals surface area (Å²) in [5.41, 5.74) is -2.94. The highest BCUT2D eigenvalue weighted by Gasteiger charge is 2.71. The number of amides is 2. The molecular weight excluding hydrogens is 470 g/mol. The number of aliphatic hydroxyl groups excluding tert-OH is 1. The van der Waals surface area contributed by atoms with Crippen molar-refractivity contribution < 1.29 is 57.6 Å². The van der Waals surface area contributed by atoms with E-state index in [2.05, 4.69) is 0 Å². The van der Waals surface area contributed by atoms with Gasteiger partial charge in [0.05, 0.1) is 17.7 Å². The van der Waals surface area contributed by atoms with Crippen molar-refractivity contribution in [1.29, 1.82) is 0 Å². The molecule has 0 saturated carbocycles. The molecule has 5 atom stereocenters. The molecule has 13 heteroatoms. The Hall–Kier alpha value is -3.84. The molecule has 3 rings (SSSR count). The van der Waals surface area contributed by atoms with Gasteiger partial charge in [-0.1, -0.05) is 12.1 Å². The number of nitrogens with zero attached hydrogens (tertiary/aromatic N) is 1. The fraction of sp³-hybridized carbons (Fsp3) is 0.455. The van der Waals surface area contributed by atoms with Gasteiger partial charge in [0.25, 0.3) is 23.8 Å². The van der Waals surface area contributed by atoms with Crippen LogP contribution in [0.3, 0.4) is 0 Å². The molecule has 188 valence electrons. The van der Waals surface area contributed by atoms with E-state index in [9.17, 15) is 33.9 Å². The quantitative estimate of drug-likeness (QED) is 0.312. The van der Waals surface area contributed by atoms with Crippen molar-refractivity contribution in [1.82, 2.24) is 4.90 Å². The number of imide groups is 1. The lowest BCUT2D eigenvalue weighted by molar-refractivity contribution is -0.358. The maximum atomic E-state index is 13.5. The average molecular weight is 493 g/mol. The van der Waals surface area contributed by atoms with Crippen LogP contribution in [0.25, 0.3) is 0 Å². The molecule has 1 fully saturated rings. The molecule has 0 aromatic heterocycles. The third-order valence-electron chi connectivity index (χ3n) is 5.21. The van der Waals surface area contributed by atoms with Crippen molar-refractivity contribution in [3.63, 3.8) is 0 Å². The first-order valence-electron chi connectivity index (χ1n) is 10.4. The third-order valence-corrected chi connectivity index (χ3v) is 5.21. The first-order valence-corrected chi connectivity index (χ1v) is 10.4. The summed E-state index contributed by atoms with van der Waals surface area (Å²) < 4.78 is 26.8. The molecule has 0 spiro atoms. The van der Waals surface area contributed by atoms with Crippen LogP contribution in [0.1, 0.15) is 48.4 Å². The van der Waals surface area contributed by atoms with Crippen LogP contribution in [0.4, 0.5) is 0 Å². The van der Waals surface area contributed by atoms with Gasteiger partial charge < -0.3 is 28.8 Å². The molecule has 1 N–H and O–H groups in total. The summed E-state index contributed by atoms with van der Waals surface area (Å²) in [5, 5.41) is 9.89. The molecule has 1 aromatic carbocycles. The largest absolute Gasteiger partial charge is 0.455 e. The predicted molar refractivity (Wildman–Crippen MR) is 110 cm³/mol. The Labute approximate surface area is 198 Å². The topological polar surface area (TPSA) is 172 Å². The van der Waals surface area contributed by atoms with Gasteiger partial charge in [0.1, 0.15) is 6.10 Å². The highest BCUT2D eigenvalue weighted by molar-refractivity contribution is 6.22. The number of fused-ring (bicyclic) bond motifs is 1. The van der Waals surface area contributed by atoms with Gasteiger partial charge in [-0.2, -0.15) is 0 Å². The van der Waals surface area contributed by atoms with Crippen LogP contribution < -0.4 is 0 Å². The van der Waals surface area contributed by atoms with Crippen molar-refractivity contribution in [2.24, 2.45) is 0 Å². The lowest BCUT2D eigenvalue weighted by Crippen LogP contribution is -2.77. The number of benzene rings is 1. The van der Waals surface area contributed by atoms with E-state index < -0.39 is 72.6 Å². The van der Waals surface area contributed by atoms with Crippen LogP contribution in [0.15, 0.2) is 24.3 Å². The number of aliphatic hydroxyl groups is 1. The van der Waals surface area contributed by atoms with Crippen LogP contribution in [-0.2, 0) is 42.9 Å². The van der Waals surface area contributed by atoms with Crippen LogP contribution in [-0.4, -0.2) is 82.6 Å². The molecule has 0 radical (unpaired) electrons. The Bertz CT molecular complexity index is 1050. The first kappa shape index (κ1) is 25.8. The maximum Gasteiger partial charge on any atom is 0.305 e. The Kier molecular flexibility index (Phi) is 7.22. The summed E-state index contributed by atoms with van der Waals surface area (Å²) >= 11 is 0. The van der Waals surface area contributed by atoms with Crippen molar-refractivity contribution >= 4 is 35.7 Å².